The van der Waals surface area contributed by atoms with Gasteiger partial charge in [-0.2, -0.15) is 4.72 Å². The van der Waals surface area contributed by atoms with Crippen molar-refractivity contribution in [2.75, 3.05) is 0 Å². The minimum Gasteiger partial charge on any atom is -0.295 e. The minimum absolute atomic E-state index is 0.0851. The Morgan fingerprint density at radius 1 is 1.12 bits per heavy atom. The van der Waals surface area contributed by atoms with E-state index in [1.807, 2.05) is 6.92 Å². The van der Waals surface area contributed by atoms with Gasteiger partial charge in [-0.15, -0.1) is 0 Å². The number of ketones is 1. The Morgan fingerprint density at radius 3 is 2.20 bits per heavy atom. The van der Waals surface area contributed by atoms with Crippen molar-refractivity contribution in [1.29, 1.82) is 0 Å². The summed E-state index contributed by atoms with van der Waals surface area (Å²) in [6, 6.07) is 10.7. The fourth-order valence-electron chi connectivity index (χ4n) is 2.32. The van der Waals surface area contributed by atoms with Crippen molar-refractivity contribution >= 4 is 15.8 Å². The zero-order chi connectivity index (χ0) is 18.6. The highest BCUT2D eigenvalue weighted by molar-refractivity contribution is 7.89. The first-order valence-corrected chi connectivity index (χ1v) is 9.29. The van der Waals surface area contributed by atoms with E-state index in [-0.39, 0.29) is 22.7 Å². The molecule has 2 aromatic carbocycles. The first kappa shape index (κ1) is 19.0. The molecule has 6 heteroatoms. The maximum Gasteiger partial charge on any atom is 0.241 e. The Hall–Kier alpha value is -2.31. The molecule has 0 radical (unpaired) electrons. The molecule has 2 aromatic rings. The van der Waals surface area contributed by atoms with E-state index in [1.165, 1.54) is 36.4 Å². The van der Waals surface area contributed by atoms with Crippen LogP contribution in [0.2, 0.25) is 0 Å². The lowest BCUT2D eigenvalue weighted by molar-refractivity contribution is -0.115. The number of carbonyl (C=O) groups is 1. The summed E-state index contributed by atoms with van der Waals surface area (Å²) in [5, 5.41) is 0. The Labute approximate surface area is 147 Å². The van der Waals surface area contributed by atoms with Crippen molar-refractivity contribution in [2.45, 2.75) is 31.2 Å². The first-order chi connectivity index (χ1) is 11.7. The highest BCUT2D eigenvalue weighted by Crippen LogP contribution is 2.25. The largest absolute Gasteiger partial charge is 0.295 e. The standard InChI is InChI=1S/C19H20FNO3S/c1-4-18(22)14(3)19(15-7-9-16(20)10-8-15)21-25(23,24)17-11-5-13(2)6-12-17/h5-12,19,21H,3-4H2,1-2H3. The molecule has 0 spiro atoms. The molecule has 0 aliphatic carbocycles. The molecule has 0 fully saturated rings. The van der Waals surface area contributed by atoms with Gasteiger partial charge in [0.1, 0.15) is 5.82 Å². The summed E-state index contributed by atoms with van der Waals surface area (Å²) < 4.78 is 41.0. The SMILES string of the molecule is C=C(C(=O)CC)C(NS(=O)(=O)c1ccc(C)cc1)c1ccc(F)cc1. The molecule has 0 bridgehead atoms. The Morgan fingerprint density at radius 2 is 1.68 bits per heavy atom. The average Bonchev–Trinajstić information content (AvgIpc) is 2.59. The van der Waals surface area contributed by atoms with Gasteiger partial charge in [0.2, 0.25) is 10.0 Å². The Balaban J connectivity index is 2.41. The van der Waals surface area contributed by atoms with Crippen LogP contribution >= 0.6 is 0 Å². The molecule has 132 valence electrons. The van der Waals surface area contributed by atoms with Gasteiger partial charge in [-0.1, -0.05) is 43.3 Å². The molecular weight excluding hydrogens is 341 g/mol. The van der Waals surface area contributed by atoms with Crippen molar-refractivity contribution < 1.29 is 17.6 Å². The number of nitrogens with one attached hydrogen (secondary N) is 1. The summed E-state index contributed by atoms with van der Waals surface area (Å²) in [5.74, 6) is -0.711. The second kappa shape index (κ2) is 7.72. The van der Waals surface area contributed by atoms with E-state index in [1.54, 1.807) is 19.1 Å². The highest BCUT2D eigenvalue weighted by atomic mass is 32.2. The lowest BCUT2D eigenvalue weighted by atomic mass is 9.97. The van der Waals surface area contributed by atoms with Crippen LogP contribution in [-0.2, 0) is 14.8 Å². The van der Waals surface area contributed by atoms with Crippen LogP contribution in [0.4, 0.5) is 4.39 Å². The zero-order valence-electron chi connectivity index (χ0n) is 14.1. The molecule has 0 aromatic heterocycles. The van der Waals surface area contributed by atoms with Crippen molar-refractivity contribution in [3.8, 4) is 0 Å². The molecule has 2 rings (SSSR count). The van der Waals surface area contributed by atoms with Gasteiger partial charge in [-0.25, -0.2) is 12.8 Å². The number of sulfonamides is 1. The molecule has 25 heavy (non-hydrogen) atoms. The predicted octanol–water partition coefficient (Wildman–Crippen LogP) is 3.69. The number of carbonyl (C=O) groups excluding carboxylic acids is 1. The second-order valence-corrected chi connectivity index (χ2v) is 7.43. The third-order valence-electron chi connectivity index (χ3n) is 3.84. The van der Waals surface area contributed by atoms with Gasteiger partial charge in [0.05, 0.1) is 10.9 Å². The summed E-state index contributed by atoms with van der Waals surface area (Å²) >= 11 is 0. The van der Waals surface area contributed by atoms with Crippen molar-refractivity contribution in [3.05, 3.63) is 77.6 Å². The normalized spacial score (nSPS) is 12.6. The molecule has 0 saturated carbocycles. The number of halogens is 1. The monoisotopic (exact) mass is 361 g/mol. The van der Waals surface area contributed by atoms with Gasteiger partial charge in [-0.05, 0) is 36.8 Å². The molecule has 0 amide bonds. The number of hydrogen-bond acceptors (Lipinski definition) is 3. The fraction of sp³-hybridized carbons (Fsp3) is 0.211. The van der Waals surface area contributed by atoms with Gasteiger partial charge < -0.3 is 0 Å². The molecule has 0 aliphatic rings. The van der Waals surface area contributed by atoms with E-state index in [0.717, 1.165) is 5.56 Å². The maximum absolute atomic E-state index is 13.2. The molecule has 0 heterocycles. The Kier molecular flexibility index (Phi) is 5.87. The number of aryl methyl sites for hydroxylation is 1. The summed E-state index contributed by atoms with van der Waals surface area (Å²) in [7, 11) is -3.88. The topological polar surface area (TPSA) is 63.2 Å². The number of Topliss-reactive ketones (excluding diaryl/α,β-unsaturated/α-hetero) is 1. The van der Waals surface area contributed by atoms with Crippen LogP contribution in [0.5, 0.6) is 0 Å². The van der Waals surface area contributed by atoms with Crippen LogP contribution in [0.25, 0.3) is 0 Å². The number of hydrogen-bond donors (Lipinski definition) is 1. The van der Waals surface area contributed by atoms with E-state index in [9.17, 15) is 17.6 Å². The molecule has 1 N–H and O–H groups in total. The van der Waals surface area contributed by atoms with Crippen LogP contribution in [0.1, 0.15) is 30.5 Å². The third kappa shape index (κ3) is 4.61. The minimum atomic E-state index is -3.88. The van der Waals surface area contributed by atoms with Gasteiger partial charge in [0.15, 0.2) is 5.78 Å². The summed E-state index contributed by atoms with van der Waals surface area (Å²) in [6.07, 6.45) is 0.197. The quantitative estimate of drug-likeness (QED) is 0.765. The van der Waals surface area contributed by atoms with Crippen LogP contribution in [-0.4, -0.2) is 14.2 Å². The van der Waals surface area contributed by atoms with Crippen molar-refractivity contribution in [3.63, 3.8) is 0 Å². The second-order valence-electron chi connectivity index (χ2n) is 5.72. The van der Waals surface area contributed by atoms with E-state index in [4.69, 9.17) is 0 Å². The summed E-state index contributed by atoms with van der Waals surface area (Å²) in [4.78, 5) is 12.1. The van der Waals surface area contributed by atoms with E-state index in [0.29, 0.717) is 5.56 Å². The third-order valence-corrected chi connectivity index (χ3v) is 5.27. The van der Waals surface area contributed by atoms with Crippen LogP contribution in [0.3, 0.4) is 0 Å². The molecule has 4 nitrogen and oxygen atoms in total. The number of benzene rings is 2. The number of rotatable bonds is 7. The maximum atomic E-state index is 13.2. The van der Waals surface area contributed by atoms with E-state index in [2.05, 4.69) is 11.3 Å². The van der Waals surface area contributed by atoms with E-state index < -0.39 is 21.9 Å². The van der Waals surface area contributed by atoms with Crippen LogP contribution in [0, 0.1) is 12.7 Å². The van der Waals surface area contributed by atoms with Gasteiger partial charge >= 0.3 is 0 Å². The molecule has 0 aliphatic heterocycles. The summed E-state index contributed by atoms with van der Waals surface area (Å²) in [6.45, 7) is 7.27. The van der Waals surface area contributed by atoms with Gasteiger partial charge in [0.25, 0.3) is 0 Å². The molecule has 1 atom stereocenters. The predicted molar refractivity (Wildman–Crippen MR) is 95.1 cm³/mol. The van der Waals surface area contributed by atoms with Gasteiger partial charge in [-0.3, -0.25) is 4.79 Å². The van der Waals surface area contributed by atoms with E-state index >= 15 is 0 Å². The molecular formula is C19H20FNO3S. The zero-order valence-corrected chi connectivity index (χ0v) is 14.9. The average molecular weight is 361 g/mol. The van der Waals surface area contributed by atoms with Crippen molar-refractivity contribution in [1.82, 2.24) is 4.72 Å². The van der Waals surface area contributed by atoms with Crippen LogP contribution < -0.4 is 4.72 Å². The smallest absolute Gasteiger partial charge is 0.241 e. The summed E-state index contributed by atoms with van der Waals surface area (Å²) in [5.41, 5.74) is 1.49. The van der Waals surface area contributed by atoms with Crippen molar-refractivity contribution in [2.24, 2.45) is 0 Å². The lowest BCUT2D eigenvalue weighted by Crippen LogP contribution is -2.31. The Bertz CT molecular complexity index is 872. The molecule has 0 saturated heterocycles. The molecule has 1 unspecified atom stereocenters. The first-order valence-electron chi connectivity index (χ1n) is 7.81. The fourth-order valence-corrected chi connectivity index (χ4v) is 3.54. The lowest BCUT2D eigenvalue weighted by Gasteiger charge is -2.21. The van der Waals surface area contributed by atoms with Crippen LogP contribution in [0.15, 0.2) is 65.6 Å². The van der Waals surface area contributed by atoms with Gasteiger partial charge in [0, 0.05) is 12.0 Å². The highest BCUT2D eigenvalue weighted by Gasteiger charge is 2.26.